The fraction of sp³-hybridized carbons (Fsp3) is 0.667. The van der Waals surface area contributed by atoms with Crippen molar-refractivity contribution >= 4 is 11.9 Å². The number of carbonyl (C=O) groups excluding carboxylic acids is 1. The van der Waals surface area contributed by atoms with Crippen molar-refractivity contribution in [2.24, 2.45) is 5.41 Å². The highest BCUT2D eigenvalue weighted by Gasteiger charge is 2.44. The Morgan fingerprint density at radius 2 is 2.27 bits per heavy atom. The molecule has 1 aromatic rings. The molecule has 2 N–H and O–H groups in total. The average molecular weight is 309 g/mol. The molecule has 1 aromatic heterocycles. The van der Waals surface area contributed by atoms with Gasteiger partial charge in [0.1, 0.15) is 11.1 Å². The van der Waals surface area contributed by atoms with Crippen LogP contribution in [0.15, 0.2) is 6.07 Å². The van der Waals surface area contributed by atoms with Gasteiger partial charge in [0.05, 0.1) is 6.61 Å². The van der Waals surface area contributed by atoms with Crippen molar-refractivity contribution in [2.45, 2.75) is 32.6 Å². The molecule has 1 aliphatic heterocycles. The number of aromatic nitrogens is 2. The minimum Gasteiger partial charge on any atom is -0.481 e. The summed E-state index contributed by atoms with van der Waals surface area (Å²) in [5.41, 5.74) is 0.198. The Hall–Kier alpha value is -1.89. The number of carbonyl (C=O) groups is 2. The average Bonchev–Trinajstić information content (AvgIpc) is 2.97. The largest absolute Gasteiger partial charge is 0.481 e. The summed E-state index contributed by atoms with van der Waals surface area (Å²) in [4.78, 5) is 25.8. The first kappa shape index (κ1) is 16.5. The number of carboxylic acid groups (broad SMARTS) is 1. The molecule has 1 saturated heterocycles. The Bertz CT molecular complexity index is 551. The second kappa shape index (κ2) is 6.48. The summed E-state index contributed by atoms with van der Waals surface area (Å²) >= 11 is 0. The predicted octanol–water partition coefficient (Wildman–Crippen LogP) is 1.49. The Morgan fingerprint density at radius 1 is 1.55 bits per heavy atom. The van der Waals surface area contributed by atoms with Crippen molar-refractivity contribution in [1.29, 1.82) is 0 Å². The minimum absolute atomic E-state index is 0.101. The van der Waals surface area contributed by atoms with E-state index in [1.54, 1.807) is 11.0 Å². The molecule has 22 heavy (non-hydrogen) atoms. The molecular weight excluding hydrogens is 286 g/mol. The molecule has 122 valence electrons. The molecule has 1 amide bonds. The van der Waals surface area contributed by atoms with Crippen LogP contribution in [0.1, 0.15) is 48.8 Å². The fourth-order valence-corrected chi connectivity index (χ4v) is 2.84. The number of aliphatic carboxylic acids is 1. The van der Waals surface area contributed by atoms with Gasteiger partial charge < -0.3 is 14.7 Å². The Labute approximate surface area is 129 Å². The standard InChI is InChI=1S/C15H23N3O4/c1-10(2)11-7-12(17-16-11)13(19)18-6-4-5-15(8-18,9-22-3)14(20)21/h7,10H,4-6,8-9H2,1-3H3,(H,16,17)(H,20,21). The van der Waals surface area contributed by atoms with Crippen LogP contribution in [0.5, 0.6) is 0 Å². The lowest BCUT2D eigenvalue weighted by Crippen LogP contribution is -2.52. The summed E-state index contributed by atoms with van der Waals surface area (Å²) in [6.45, 7) is 4.82. The van der Waals surface area contributed by atoms with E-state index in [-0.39, 0.29) is 25.0 Å². The second-order valence-electron chi connectivity index (χ2n) is 6.21. The zero-order valence-electron chi connectivity index (χ0n) is 13.3. The van der Waals surface area contributed by atoms with E-state index < -0.39 is 11.4 Å². The third-order valence-electron chi connectivity index (χ3n) is 4.18. The van der Waals surface area contributed by atoms with Gasteiger partial charge in [0.2, 0.25) is 0 Å². The summed E-state index contributed by atoms with van der Waals surface area (Å²) in [7, 11) is 1.48. The molecule has 0 saturated carbocycles. The third kappa shape index (κ3) is 3.14. The highest BCUT2D eigenvalue weighted by molar-refractivity contribution is 5.93. The normalized spacial score (nSPS) is 22.1. The van der Waals surface area contributed by atoms with Crippen LogP contribution in [0.4, 0.5) is 0 Å². The zero-order valence-corrected chi connectivity index (χ0v) is 13.3. The molecule has 0 bridgehead atoms. The SMILES string of the molecule is COCC1(C(=O)O)CCCN(C(=O)c2cc(C(C)C)[nH]n2)C1. The zero-order chi connectivity index (χ0) is 16.3. The molecule has 0 aliphatic carbocycles. The number of methoxy groups -OCH3 is 1. The van der Waals surface area contributed by atoms with Crippen LogP contribution >= 0.6 is 0 Å². The minimum atomic E-state index is -1.03. The number of hydrogen-bond donors (Lipinski definition) is 2. The topological polar surface area (TPSA) is 95.5 Å². The molecule has 0 aromatic carbocycles. The first-order valence-electron chi connectivity index (χ1n) is 7.46. The molecule has 1 aliphatic rings. The van der Waals surface area contributed by atoms with E-state index in [9.17, 15) is 14.7 Å². The molecule has 2 heterocycles. The first-order valence-corrected chi connectivity index (χ1v) is 7.46. The van der Waals surface area contributed by atoms with Gasteiger partial charge in [-0.05, 0) is 24.8 Å². The number of piperidine rings is 1. The van der Waals surface area contributed by atoms with Crippen LogP contribution in [-0.4, -0.2) is 58.9 Å². The predicted molar refractivity (Wildman–Crippen MR) is 79.8 cm³/mol. The highest BCUT2D eigenvalue weighted by Crippen LogP contribution is 2.31. The van der Waals surface area contributed by atoms with Crippen LogP contribution in [0, 0.1) is 5.41 Å². The number of aromatic amines is 1. The van der Waals surface area contributed by atoms with Gasteiger partial charge in [-0.2, -0.15) is 5.10 Å². The van der Waals surface area contributed by atoms with Crippen LogP contribution in [0.3, 0.4) is 0 Å². The smallest absolute Gasteiger partial charge is 0.313 e. The van der Waals surface area contributed by atoms with E-state index in [0.29, 0.717) is 25.1 Å². The maximum atomic E-state index is 12.6. The summed E-state index contributed by atoms with van der Waals surface area (Å²) in [5.74, 6) is -0.900. The Kier molecular flexibility index (Phi) is 4.85. The van der Waals surface area contributed by atoms with Gasteiger partial charge in [-0.3, -0.25) is 14.7 Å². The van der Waals surface area contributed by atoms with Crippen molar-refractivity contribution in [2.75, 3.05) is 26.8 Å². The summed E-state index contributed by atoms with van der Waals surface area (Å²) < 4.78 is 5.07. The van der Waals surface area contributed by atoms with Crippen LogP contribution in [0.25, 0.3) is 0 Å². The second-order valence-corrected chi connectivity index (χ2v) is 6.21. The van der Waals surface area contributed by atoms with Crippen LogP contribution in [-0.2, 0) is 9.53 Å². The van der Waals surface area contributed by atoms with Gasteiger partial charge in [0.15, 0.2) is 0 Å². The van der Waals surface area contributed by atoms with E-state index in [1.807, 2.05) is 13.8 Å². The molecule has 7 nitrogen and oxygen atoms in total. The molecule has 0 spiro atoms. The highest BCUT2D eigenvalue weighted by atomic mass is 16.5. The molecule has 0 radical (unpaired) electrons. The number of H-pyrrole nitrogens is 1. The Balaban J connectivity index is 2.17. The summed E-state index contributed by atoms with van der Waals surface area (Å²) in [5, 5.41) is 16.4. The number of rotatable bonds is 5. The van der Waals surface area contributed by atoms with Crippen molar-refractivity contribution in [3.05, 3.63) is 17.5 Å². The monoisotopic (exact) mass is 309 g/mol. The van der Waals surface area contributed by atoms with Crippen LogP contribution < -0.4 is 0 Å². The van der Waals surface area contributed by atoms with E-state index in [2.05, 4.69) is 10.2 Å². The lowest BCUT2D eigenvalue weighted by Gasteiger charge is -2.39. The maximum Gasteiger partial charge on any atom is 0.313 e. The van der Waals surface area contributed by atoms with Gasteiger partial charge in [-0.25, -0.2) is 0 Å². The molecule has 1 atom stereocenters. The molecule has 2 rings (SSSR count). The maximum absolute atomic E-state index is 12.6. The van der Waals surface area contributed by atoms with Crippen molar-refractivity contribution < 1.29 is 19.4 Å². The van der Waals surface area contributed by atoms with Crippen LogP contribution in [0.2, 0.25) is 0 Å². The van der Waals surface area contributed by atoms with E-state index in [1.165, 1.54) is 7.11 Å². The van der Waals surface area contributed by atoms with Gasteiger partial charge >= 0.3 is 5.97 Å². The van der Waals surface area contributed by atoms with Gasteiger partial charge in [-0.15, -0.1) is 0 Å². The molecule has 1 fully saturated rings. The van der Waals surface area contributed by atoms with Crippen molar-refractivity contribution in [1.82, 2.24) is 15.1 Å². The lowest BCUT2D eigenvalue weighted by atomic mass is 9.80. The number of nitrogens with one attached hydrogen (secondary N) is 1. The van der Waals surface area contributed by atoms with E-state index in [4.69, 9.17) is 4.74 Å². The van der Waals surface area contributed by atoms with Crippen molar-refractivity contribution in [3.63, 3.8) is 0 Å². The van der Waals surface area contributed by atoms with Crippen molar-refractivity contribution in [3.8, 4) is 0 Å². The van der Waals surface area contributed by atoms with Gasteiger partial charge in [0.25, 0.3) is 5.91 Å². The molecule has 1 unspecified atom stereocenters. The molecular formula is C15H23N3O4. The number of likely N-dealkylation sites (tertiary alicyclic amines) is 1. The lowest BCUT2D eigenvalue weighted by molar-refractivity contribution is -0.155. The Morgan fingerprint density at radius 3 is 2.82 bits per heavy atom. The third-order valence-corrected chi connectivity index (χ3v) is 4.18. The number of amides is 1. The van der Waals surface area contributed by atoms with Gasteiger partial charge in [-0.1, -0.05) is 13.8 Å². The number of nitrogens with zero attached hydrogens (tertiary/aromatic N) is 2. The van der Waals surface area contributed by atoms with Gasteiger partial charge in [0, 0.05) is 25.9 Å². The quantitative estimate of drug-likeness (QED) is 0.859. The number of carboxylic acids is 1. The number of hydrogen-bond acceptors (Lipinski definition) is 4. The fourth-order valence-electron chi connectivity index (χ4n) is 2.84. The van der Waals surface area contributed by atoms with E-state index in [0.717, 1.165) is 5.69 Å². The number of ether oxygens (including phenoxy) is 1. The summed E-state index contributed by atoms with van der Waals surface area (Å²) in [6.07, 6.45) is 1.15. The summed E-state index contributed by atoms with van der Waals surface area (Å²) in [6, 6.07) is 1.74. The first-order chi connectivity index (χ1) is 10.4. The van der Waals surface area contributed by atoms with E-state index >= 15 is 0 Å². The molecule has 7 heteroatoms.